The smallest absolute Gasteiger partial charge is 0.338 e. The predicted molar refractivity (Wildman–Crippen MR) is 138 cm³/mol. The number of nitrogens with one attached hydrogen (secondary N) is 2. The second-order valence-electron chi connectivity index (χ2n) is 6.84. The van der Waals surface area contributed by atoms with Crippen LogP contribution in [0.4, 0.5) is 0 Å². The van der Waals surface area contributed by atoms with E-state index in [1.807, 2.05) is 55.5 Å². The van der Waals surface area contributed by atoms with Gasteiger partial charge < -0.3 is 24.8 Å². The number of methoxy groups -OCH3 is 1. The molecular formula is C24H34IN3O4. The Kier molecular flexibility index (Phi) is 15.1. The van der Waals surface area contributed by atoms with Crippen LogP contribution in [0.5, 0.6) is 0 Å². The molecule has 8 heteroatoms. The number of nitrogens with zero attached hydrogens (tertiary/aromatic N) is 1. The minimum atomic E-state index is -0.340. The van der Waals surface area contributed by atoms with Crippen LogP contribution in [0.15, 0.2) is 59.6 Å². The zero-order chi connectivity index (χ0) is 22.2. The minimum Gasteiger partial charge on any atom is -0.457 e. The van der Waals surface area contributed by atoms with E-state index in [9.17, 15) is 4.79 Å². The van der Waals surface area contributed by atoms with Crippen molar-refractivity contribution in [2.75, 3.05) is 40.0 Å². The summed E-state index contributed by atoms with van der Waals surface area (Å²) in [7, 11) is 1.66. The molecule has 0 aliphatic heterocycles. The normalized spacial score (nSPS) is 10.9. The van der Waals surface area contributed by atoms with E-state index in [4.69, 9.17) is 14.2 Å². The van der Waals surface area contributed by atoms with Crippen molar-refractivity contribution < 1.29 is 19.0 Å². The summed E-state index contributed by atoms with van der Waals surface area (Å²) in [6, 6.07) is 17.0. The Morgan fingerprint density at radius 1 is 0.969 bits per heavy atom. The van der Waals surface area contributed by atoms with Gasteiger partial charge >= 0.3 is 5.97 Å². The van der Waals surface area contributed by atoms with Crippen LogP contribution in [0.25, 0.3) is 0 Å². The summed E-state index contributed by atoms with van der Waals surface area (Å²) >= 11 is 0. The Morgan fingerprint density at radius 3 is 2.50 bits per heavy atom. The van der Waals surface area contributed by atoms with E-state index < -0.39 is 0 Å². The molecule has 0 saturated heterocycles. The molecule has 7 nitrogen and oxygen atoms in total. The summed E-state index contributed by atoms with van der Waals surface area (Å²) in [5.74, 6) is 0.393. The summed E-state index contributed by atoms with van der Waals surface area (Å²) in [6.45, 7) is 6.14. The molecule has 0 spiro atoms. The van der Waals surface area contributed by atoms with Gasteiger partial charge in [0, 0.05) is 26.8 Å². The number of guanidine groups is 1. The Balaban J connectivity index is 0.00000512. The Bertz CT molecular complexity index is 803. The first-order valence-electron chi connectivity index (χ1n) is 10.6. The number of rotatable bonds is 13. The molecule has 0 bridgehead atoms. The molecule has 176 valence electrons. The second kappa shape index (κ2) is 17.4. The molecule has 0 amide bonds. The molecule has 0 saturated carbocycles. The van der Waals surface area contributed by atoms with Gasteiger partial charge in [-0.25, -0.2) is 9.79 Å². The first-order chi connectivity index (χ1) is 15.2. The first kappa shape index (κ1) is 27.9. The molecular weight excluding hydrogens is 521 g/mol. The van der Waals surface area contributed by atoms with Crippen molar-refractivity contribution >= 4 is 35.9 Å². The van der Waals surface area contributed by atoms with Gasteiger partial charge in [-0.2, -0.15) is 0 Å². The van der Waals surface area contributed by atoms with Crippen LogP contribution < -0.4 is 10.6 Å². The predicted octanol–water partition coefficient (Wildman–Crippen LogP) is 3.77. The van der Waals surface area contributed by atoms with Crippen LogP contribution in [-0.2, 0) is 27.4 Å². The zero-order valence-electron chi connectivity index (χ0n) is 18.8. The van der Waals surface area contributed by atoms with E-state index >= 15 is 0 Å². The van der Waals surface area contributed by atoms with Crippen molar-refractivity contribution in [3.8, 4) is 0 Å². The van der Waals surface area contributed by atoms with Crippen LogP contribution in [-0.4, -0.2) is 51.9 Å². The zero-order valence-corrected chi connectivity index (χ0v) is 21.2. The Labute approximate surface area is 208 Å². The number of carbonyl (C=O) groups is 1. The van der Waals surface area contributed by atoms with Crippen LogP contribution in [0.1, 0.15) is 34.8 Å². The van der Waals surface area contributed by atoms with Gasteiger partial charge in [0.05, 0.1) is 25.3 Å². The number of halogens is 1. The summed E-state index contributed by atoms with van der Waals surface area (Å²) < 4.78 is 15.8. The molecule has 0 heterocycles. The maximum absolute atomic E-state index is 12.4. The number of aliphatic imine (C=N–C) groups is 1. The molecule has 2 N–H and O–H groups in total. The molecule has 0 atom stereocenters. The summed E-state index contributed by atoms with van der Waals surface area (Å²) in [5, 5.41) is 6.52. The fourth-order valence-electron chi connectivity index (χ4n) is 2.74. The average Bonchev–Trinajstić information content (AvgIpc) is 2.81. The lowest BCUT2D eigenvalue weighted by molar-refractivity contribution is 0.0472. The first-order valence-corrected chi connectivity index (χ1v) is 10.6. The van der Waals surface area contributed by atoms with Gasteiger partial charge in [0.25, 0.3) is 0 Å². The van der Waals surface area contributed by atoms with E-state index in [2.05, 4.69) is 15.6 Å². The summed E-state index contributed by atoms with van der Waals surface area (Å²) in [6.07, 6.45) is 0.872. The quantitative estimate of drug-likeness (QED) is 0.129. The van der Waals surface area contributed by atoms with Crippen LogP contribution in [0, 0.1) is 0 Å². The van der Waals surface area contributed by atoms with E-state index in [0.717, 1.165) is 36.6 Å². The number of benzene rings is 2. The maximum atomic E-state index is 12.4. The lowest BCUT2D eigenvalue weighted by atomic mass is 10.1. The van der Waals surface area contributed by atoms with E-state index in [0.29, 0.717) is 31.9 Å². The summed E-state index contributed by atoms with van der Waals surface area (Å²) in [5.41, 5.74) is 2.42. The van der Waals surface area contributed by atoms with Crippen LogP contribution in [0.3, 0.4) is 0 Å². The topological polar surface area (TPSA) is 81.2 Å². The highest BCUT2D eigenvalue weighted by Crippen LogP contribution is 2.10. The van der Waals surface area contributed by atoms with Gasteiger partial charge in [0.1, 0.15) is 6.61 Å². The fourth-order valence-corrected chi connectivity index (χ4v) is 2.74. The van der Waals surface area contributed by atoms with Crippen molar-refractivity contribution in [3.05, 3.63) is 71.3 Å². The van der Waals surface area contributed by atoms with Gasteiger partial charge in [-0.15, -0.1) is 24.0 Å². The number of esters is 1. The molecule has 2 rings (SSSR count). The summed E-state index contributed by atoms with van der Waals surface area (Å²) in [4.78, 5) is 17.0. The van der Waals surface area contributed by atoms with Gasteiger partial charge in [-0.1, -0.05) is 42.5 Å². The van der Waals surface area contributed by atoms with Crippen molar-refractivity contribution in [2.45, 2.75) is 26.5 Å². The highest BCUT2D eigenvalue weighted by atomic mass is 127. The second-order valence-corrected chi connectivity index (χ2v) is 6.84. The van der Waals surface area contributed by atoms with Crippen molar-refractivity contribution in [1.82, 2.24) is 10.6 Å². The molecule has 2 aromatic rings. The van der Waals surface area contributed by atoms with Crippen molar-refractivity contribution in [1.29, 1.82) is 0 Å². The van der Waals surface area contributed by atoms with E-state index in [-0.39, 0.29) is 36.6 Å². The van der Waals surface area contributed by atoms with Gasteiger partial charge in [-0.3, -0.25) is 0 Å². The monoisotopic (exact) mass is 555 g/mol. The van der Waals surface area contributed by atoms with Crippen molar-refractivity contribution in [2.24, 2.45) is 4.99 Å². The van der Waals surface area contributed by atoms with Crippen LogP contribution in [0.2, 0.25) is 0 Å². The van der Waals surface area contributed by atoms with Gasteiger partial charge in [0.15, 0.2) is 5.96 Å². The lowest BCUT2D eigenvalue weighted by Gasteiger charge is -2.11. The van der Waals surface area contributed by atoms with E-state index in [1.54, 1.807) is 13.2 Å². The number of ether oxygens (including phenoxy) is 3. The molecule has 0 radical (unpaired) electrons. The Hall–Kier alpha value is -2.17. The fraction of sp³-hybridized carbons (Fsp3) is 0.417. The minimum absolute atomic E-state index is 0. The van der Waals surface area contributed by atoms with E-state index in [1.165, 1.54) is 0 Å². The third-order valence-electron chi connectivity index (χ3n) is 4.33. The number of hydrogen-bond acceptors (Lipinski definition) is 5. The maximum Gasteiger partial charge on any atom is 0.338 e. The molecule has 32 heavy (non-hydrogen) atoms. The molecule has 0 aromatic heterocycles. The largest absolute Gasteiger partial charge is 0.457 e. The molecule has 0 aliphatic rings. The molecule has 0 aliphatic carbocycles. The lowest BCUT2D eigenvalue weighted by Crippen LogP contribution is -2.38. The molecule has 2 aromatic carbocycles. The molecule has 0 fully saturated rings. The number of carbonyl (C=O) groups excluding carboxylic acids is 1. The third-order valence-corrected chi connectivity index (χ3v) is 4.33. The number of hydrogen-bond donors (Lipinski definition) is 2. The third kappa shape index (κ3) is 11.4. The highest BCUT2D eigenvalue weighted by Gasteiger charge is 2.08. The van der Waals surface area contributed by atoms with Gasteiger partial charge in [0.2, 0.25) is 0 Å². The average molecular weight is 555 g/mol. The van der Waals surface area contributed by atoms with Crippen molar-refractivity contribution in [3.63, 3.8) is 0 Å². The van der Waals surface area contributed by atoms with Gasteiger partial charge in [-0.05, 0) is 36.6 Å². The SMILES string of the molecule is CCNC(=NCc1cccc(C(=O)OCc2ccccc2)c1)NCCCOCCOC.I. The molecule has 0 unspecified atom stereocenters. The van der Waals surface area contributed by atoms with Crippen LogP contribution >= 0.6 is 24.0 Å². The standard InChI is InChI=1S/C24H33N3O4.HI/c1-3-25-24(26-13-8-14-30-16-15-29-2)27-18-21-11-7-12-22(17-21)23(28)31-19-20-9-5-4-6-10-20;/h4-7,9-12,17H,3,8,13-16,18-19H2,1-2H3,(H2,25,26,27);1H. The Morgan fingerprint density at radius 2 is 1.75 bits per heavy atom. The highest BCUT2D eigenvalue weighted by molar-refractivity contribution is 14.0.